The highest BCUT2D eigenvalue weighted by Gasteiger charge is 2.68. The van der Waals surface area contributed by atoms with Crippen LogP contribution in [0.15, 0.2) is 18.2 Å². The molecule has 0 bridgehead atoms. The third-order valence-corrected chi connectivity index (χ3v) is 5.49. The number of anilines is 1. The Bertz CT molecular complexity index is 537. The third kappa shape index (κ3) is 2.28. The molecule has 1 aromatic carbocycles. The van der Waals surface area contributed by atoms with Crippen molar-refractivity contribution in [2.24, 2.45) is 16.7 Å². The molecule has 0 unspecified atom stereocenters. The molecule has 0 spiro atoms. The Kier molecular flexibility index (Phi) is 3.53. The van der Waals surface area contributed by atoms with Crippen molar-refractivity contribution in [2.75, 3.05) is 12.8 Å². The van der Waals surface area contributed by atoms with Gasteiger partial charge in [0.25, 0.3) is 0 Å². The largest absolute Gasteiger partial charge is 0.399 e. The van der Waals surface area contributed by atoms with Crippen LogP contribution in [-0.2, 0) is 11.3 Å². The number of rotatable bonds is 3. The Morgan fingerprint density at radius 2 is 1.85 bits per heavy atom. The molecular weight excluding hydrogens is 272 g/mol. The lowest BCUT2D eigenvalue weighted by Crippen LogP contribution is -2.29. The number of carbonyl (C=O) groups is 1. The number of nitrogens with two attached hydrogens (primary N) is 1. The summed E-state index contributed by atoms with van der Waals surface area (Å²) in [5.74, 6) is 0.248. The predicted molar refractivity (Wildman–Crippen MR) is 83.4 cm³/mol. The summed E-state index contributed by atoms with van der Waals surface area (Å²) in [6, 6.07) is 5.37. The Morgan fingerprint density at radius 1 is 1.30 bits per heavy atom. The molecular formula is C16H23ClN2O. The quantitative estimate of drug-likeness (QED) is 0.866. The number of amides is 1. The number of carbonyl (C=O) groups excluding carboxylic acids is 1. The van der Waals surface area contributed by atoms with Crippen LogP contribution in [-0.4, -0.2) is 17.9 Å². The topological polar surface area (TPSA) is 46.3 Å². The van der Waals surface area contributed by atoms with Gasteiger partial charge in [-0.3, -0.25) is 4.79 Å². The molecule has 110 valence electrons. The van der Waals surface area contributed by atoms with E-state index in [9.17, 15) is 4.79 Å². The number of hydrogen-bond acceptors (Lipinski definition) is 2. The second kappa shape index (κ2) is 4.66. The van der Waals surface area contributed by atoms with E-state index in [2.05, 4.69) is 27.7 Å². The summed E-state index contributed by atoms with van der Waals surface area (Å²) >= 11 is 6.16. The average Bonchev–Trinajstić information content (AvgIpc) is 2.73. The summed E-state index contributed by atoms with van der Waals surface area (Å²) in [5, 5.41) is 0.646. The Balaban J connectivity index is 2.12. The van der Waals surface area contributed by atoms with Gasteiger partial charge in [-0.15, -0.1) is 0 Å². The highest BCUT2D eigenvalue weighted by molar-refractivity contribution is 6.31. The molecule has 1 saturated carbocycles. The first kappa shape index (κ1) is 15.2. The van der Waals surface area contributed by atoms with Crippen LogP contribution in [0.4, 0.5) is 5.69 Å². The van der Waals surface area contributed by atoms with Gasteiger partial charge in [-0.25, -0.2) is 0 Å². The van der Waals surface area contributed by atoms with Crippen molar-refractivity contribution < 1.29 is 4.79 Å². The van der Waals surface area contributed by atoms with Gasteiger partial charge >= 0.3 is 0 Å². The normalized spacial score (nSPS) is 19.7. The summed E-state index contributed by atoms with van der Waals surface area (Å²) < 4.78 is 0. The second-order valence-corrected chi connectivity index (χ2v) is 7.33. The van der Waals surface area contributed by atoms with Gasteiger partial charge in [0.2, 0.25) is 5.91 Å². The van der Waals surface area contributed by atoms with Crippen molar-refractivity contribution in [1.29, 1.82) is 0 Å². The fourth-order valence-electron chi connectivity index (χ4n) is 3.08. The Labute approximate surface area is 126 Å². The van der Waals surface area contributed by atoms with E-state index in [1.165, 1.54) is 0 Å². The number of halogens is 1. The van der Waals surface area contributed by atoms with Crippen molar-refractivity contribution >= 4 is 23.2 Å². The molecule has 0 atom stereocenters. The molecule has 0 heterocycles. The van der Waals surface area contributed by atoms with Crippen molar-refractivity contribution in [2.45, 2.75) is 34.2 Å². The molecule has 2 N–H and O–H groups in total. The van der Waals surface area contributed by atoms with Gasteiger partial charge in [-0.05, 0) is 34.6 Å². The smallest absolute Gasteiger partial charge is 0.226 e. The second-order valence-electron chi connectivity index (χ2n) is 6.92. The van der Waals surface area contributed by atoms with Crippen LogP contribution in [0, 0.1) is 16.7 Å². The molecule has 1 fully saturated rings. The minimum atomic E-state index is 0.0534. The summed E-state index contributed by atoms with van der Waals surface area (Å²) in [4.78, 5) is 14.3. The first-order chi connectivity index (χ1) is 9.09. The fraction of sp³-hybridized carbons (Fsp3) is 0.562. The predicted octanol–water partition coefficient (Wildman–Crippen LogP) is 3.56. The van der Waals surface area contributed by atoms with Crippen LogP contribution in [0.25, 0.3) is 0 Å². The summed E-state index contributed by atoms with van der Waals surface area (Å²) in [5.41, 5.74) is 7.43. The Hall–Kier alpha value is -1.22. The van der Waals surface area contributed by atoms with Crippen LogP contribution >= 0.6 is 11.6 Å². The van der Waals surface area contributed by atoms with Gasteiger partial charge in [0.1, 0.15) is 0 Å². The van der Waals surface area contributed by atoms with Gasteiger partial charge in [0, 0.05) is 30.2 Å². The summed E-state index contributed by atoms with van der Waals surface area (Å²) in [6.07, 6.45) is 0. The van der Waals surface area contributed by atoms with Gasteiger partial charge in [-0.1, -0.05) is 39.3 Å². The molecule has 0 saturated heterocycles. The highest BCUT2D eigenvalue weighted by atomic mass is 35.5. The molecule has 0 radical (unpaired) electrons. The van der Waals surface area contributed by atoms with Gasteiger partial charge in [-0.2, -0.15) is 0 Å². The number of nitrogen functional groups attached to an aromatic ring is 1. The third-order valence-electron chi connectivity index (χ3n) is 5.12. The summed E-state index contributed by atoms with van der Waals surface area (Å²) in [6.45, 7) is 9.09. The van der Waals surface area contributed by atoms with E-state index in [1.54, 1.807) is 17.0 Å². The molecule has 2 rings (SSSR count). The van der Waals surface area contributed by atoms with Crippen molar-refractivity contribution in [3.05, 3.63) is 28.8 Å². The lowest BCUT2D eigenvalue weighted by Gasteiger charge is -2.19. The van der Waals surface area contributed by atoms with E-state index in [0.29, 0.717) is 17.3 Å². The zero-order valence-corrected chi connectivity index (χ0v) is 13.6. The van der Waals surface area contributed by atoms with Gasteiger partial charge < -0.3 is 10.6 Å². The molecule has 1 aromatic rings. The SMILES string of the molecule is CN(Cc1cc(N)ccc1Cl)C(=O)C1C(C)(C)C1(C)C. The number of hydrogen-bond donors (Lipinski definition) is 1. The zero-order chi connectivity index (χ0) is 15.3. The lowest BCUT2D eigenvalue weighted by atomic mass is 10.0. The van der Waals surface area contributed by atoms with Crippen LogP contribution < -0.4 is 5.73 Å². The maximum Gasteiger partial charge on any atom is 0.226 e. The van der Waals surface area contributed by atoms with Crippen molar-refractivity contribution in [3.63, 3.8) is 0 Å². The van der Waals surface area contributed by atoms with E-state index in [4.69, 9.17) is 17.3 Å². The number of benzene rings is 1. The average molecular weight is 295 g/mol. The van der Waals surface area contributed by atoms with Crippen LogP contribution in [0.5, 0.6) is 0 Å². The lowest BCUT2D eigenvalue weighted by molar-refractivity contribution is -0.133. The summed E-state index contributed by atoms with van der Waals surface area (Å²) in [7, 11) is 1.83. The van der Waals surface area contributed by atoms with E-state index in [1.807, 2.05) is 13.1 Å². The molecule has 0 aliphatic heterocycles. The van der Waals surface area contributed by atoms with Crippen LogP contribution in [0.3, 0.4) is 0 Å². The molecule has 20 heavy (non-hydrogen) atoms. The first-order valence-corrected chi connectivity index (χ1v) is 7.25. The van der Waals surface area contributed by atoms with E-state index < -0.39 is 0 Å². The van der Waals surface area contributed by atoms with Gasteiger partial charge in [0.05, 0.1) is 0 Å². The molecule has 3 nitrogen and oxygen atoms in total. The maximum atomic E-state index is 12.6. The highest BCUT2D eigenvalue weighted by Crippen LogP contribution is 2.68. The van der Waals surface area contributed by atoms with Crippen molar-refractivity contribution in [3.8, 4) is 0 Å². The van der Waals surface area contributed by atoms with Gasteiger partial charge in [0.15, 0.2) is 0 Å². The van der Waals surface area contributed by atoms with E-state index >= 15 is 0 Å². The fourth-order valence-corrected chi connectivity index (χ4v) is 3.26. The van der Waals surface area contributed by atoms with Crippen molar-refractivity contribution in [1.82, 2.24) is 4.90 Å². The first-order valence-electron chi connectivity index (χ1n) is 6.88. The standard InChI is InChI=1S/C16H23ClN2O/c1-15(2)13(16(15,3)4)14(20)19(5)9-10-8-11(18)6-7-12(10)17/h6-8,13H,9,18H2,1-5H3. The molecule has 4 heteroatoms. The van der Waals surface area contributed by atoms with E-state index in [0.717, 1.165) is 5.56 Å². The number of nitrogens with zero attached hydrogens (tertiary/aromatic N) is 1. The maximum absolute atomic E-state index is 12.6. The zero-order valence-electron chi connectivity index (χ0n) is 12.8. The van der Waals surface area contributed by atoms with Crippen LogP contribution in [0.2, 0.25) is 5.02 Å². The monoisotopic (exact) mass is 294 g/mol. The minimum absolute atomic E-state index is 0.0534. The van der Waals surface area contributed by atoms with Crippen LogP contribution in [0.1, 0.15) is 33.3 Å². The Morgan fingerprint density at radius 3 is 2.35 bits per heavy atom. The molecule has 0 aromatic heterocycles. The molecule has 1 aliphatic rings. The van der Waals surface area contributed by atoms with E-state index in [-0.39, 0.29) is 22.7 Å². The minimum Gasteiger partial charge on any atom is -0.399 e. The molecule has 1 amide bonds. The molecule has 1 aliphatic carbocycles.